The SMILES string of the molecule is CCCCc1ccc(OCC(=O)N/N=C\c2ccc(OC(=O)/C=C/c3ccccc3)c(OC)c2)cc1. The molecule has 7 heteroatoms. The van der Waals surface area contributed by atoms with E-state index in [-0.39, 0.29) is 18.3 Å². The summed E-state index contributed by atoms with van der Waals surface area (Å²) >= 11 is 0. The molecule has 1 amide bonds. The van der Waals surface area contributed by atoms with Crippen LogP contribution < -0.4 is 19.6 Å². The van der Waals surface area contributed by atoms with Crippen molar-refractivity contribution in [3.63, 3.8) is 0 Å². The molecule has 0 saturated heterocycles. The van der Waals surface area contributed by atoms with Gasteiger partial charge in [-0.25, -0.2) is 10.2 Å². The highest BCUT2D eigenvalue weighted by molar-refractivity contribution is 5.89. The van der Waals surface area contributed by atoms with Gasteiger partial charge in [0, 0.05) is 6.08 Å². The minimum atomic E-state index is -0.526. The molecular weight excluding hydrogens is 456 g/mol. The lowest BCUT2D eigenvalue weighted by Gasteiger charge is -2.08. The van der Waals surface area contributed by atoms with E-state index in [9.17, 15) is 9.59 Å². The Labute approximate surface area is 211 Å². The van der Waals surface area contributed by atoms with E-state index in [2.05, 4.69) is 17.5 Å². The van der Waals surface area contributed by atoms with E-state index < -0.39 is 5.97 Å². The van der Waals surface area contributed by atoms with Crippen LogP contribution in [0.3, 0.4) is 0 Å². The van der Waals surface area contributed by atoms with Gasteiger partial charge in [0.25, 0.3) is 5.91 Å². The van der Waals surface area contributed by atoms with Crippen LogP contribution in [-0.2, 0) is 16.0 Å². The van der Waals surface area contributed by atoms with Gasteiger partial charge >= 0.3 is 5.97 Å². The van der Waals surface area contributed by atoms with Crippen molar-refractivity contribution in [2.45, 2.75) is 26.2 Å². The highest BCUT2D eigenvalue weighted by Gasteiger charge is 2.09. The molecule has 3 rings (SSSR count). The summed E-state index contributed by atoms with van der Waals surface area (Å²) in [5.74, 6) is 0.348. The van der Waals surface area contributed by atoms with Crippen molar-refractivity contribution < 1.29 is 23.8 Å². The standard InChI is InChI=1S/C29H30N2O5/c1-3-4-8-23-11-15-25(16-12-23)35-21-28(32)31-30-20-24-13-17-26(27(19-24)34-2)36-29(33)18-14-22-9-6-5-7-10-22/h5-7,9-20H,3-4,8,21H2,1-2H3,(H,31,32)/b18-14+,30-20-. The zero-order valence-electron chi connectivity index (χ0n) is 20.5. The van der Waals surface area contributed by atoms with Crippen LogP contribution in [0.2, 0.25) is 0 Å². The van der Waals surface area contributed by atoms with Gasteiger partial charge in [-0.1, -0.05) is 55.8 Å². The number of nitrogens with zero attached hydrogens (tertiary/aromatic N) is 1. The number of ether oxygens (including phenoxy) is 3. The Kier molecular flexibility index (Phi) is 10.3. The molecule has 0 radical (unpaired) electrons. The lowest BCUT2D eigenvalue weighted by atomic mass is 10.1. The molecule has 0 aliphatic heterocycles. The number of nitrogens with one attached hydrogen (secondary N) is 1. The summed E-state index contributed by atoms with van der Waals surface area (Å²) in [4.78, 5) is 24.2. The second kappa shape index (κ2) is 14.1. The Hall–Kier alpha value is -4.39. The highest BCUT2D eigenvalue weighted by Crippen LogP contribution is 2.27. The van der Waals surface area contributed by atoms with E-state index in [0.717, 1.165) is 24.8 Å². The molecule has 3 aromatic rings. The van der Waals surface area contributed by atoms with Gasteiger partial charge in [-0.3, -0.25) is 4.79 Å². The molecule has 7 nitrogen and oxygen atoms in total. The first-order chi connectivity index (χ1) is 17.6. The minimum Gasteiger partial charge on any atom is -0.493 e. The van der Waals surface area contributed by atoms with E-state index in [4.69, 9.17) is 14.2 Å². The third-order valence-electron chi connectivity index (χ3n) is 5.12. The van der Waals surface area contributed by atoms with Crippen LogP contribution in [0.15, 0.2) is 84.0 Å². The fourth-order valence-electron chi connectivity index (χ4n) is 3.21. The molecule has 0 unspecified atom stereocenters. The van der Waals surface area contributed by atoms with Crippen molar-refractivity contribution in [3.8, 4) is 17.2 Å². The zero-order valence-corrected chi connectivity index (χ0v) is 20.5. The van der Waals surface area contributed by atoms with Crippen LogP contribution >= 0.6 is 0 Å². The molecule has 36 heavy (non-hydrogen) atoms. The average Bonchev–Trinajstić information content (AvgIpc) is 2.91. The quantitative estimate of drug-likeness (QED) is 0.125. The van der Waals surface area contributed by atoms with Gasteiger partial charge in [0.1, 0.15) is 5.75 Å². The number of hydrogen-bond acceptors (Lipinski definition) is 6. The smallest absolute Gasteiger partial charge is 0.336 e. The molecule has 0 spiro atoms. The third kappa shape index (κ3) is 8.76. The van der Waals surface area contributed by atoms with Crippen LogP contribution in [-0.4, -0.2) is 31.8 Å². The number of methoxy groups -OCH3 is 1. The number of hydrazone groups is 1. The van der Waals surface area contributed by atoms with Crippen LogP contribution in [0.4, 0.5) is 0 Å². The molecule has 0 aromatic heterocycles. The maximum Gasteiger partial charge on any atom is 0.336 e. The second-order valence-corrected chi connectivity index (χ2v) is 7.90. The van der Waals surface area contributed by atoms with Gasteiger partial charge in [0.05, 0.1) is 13.3 Å². The number of unbranched alkanes of at least 4 members (excludes halogenated alkanes) is 1. The van der Waals surface area contributed by atoms with E-state index in [1.165, 1.54) is 25.0 Å². The van der Waals surface area contributed by atoms with Crippen LogP contribution in [0.5, 0.6) is 17.2 Å². The number of hydrogen-bond donors (Lipinski definition) is 1. The van der Waals surface area contributed by atoms with Crippen molar-refractivity contribution in [1.82, 2.24) is 5.43 Å². The number of carbonyl (C=O) groups is 2. The normalized spacial score (nSPS) is 10.9. The van der Waals surface area contributed by atoms with E-state index in [0.29, 0.717) is 17.1 Å². The summed E-state index contributed by atoms with van der Waals surface area (Å²) < 4.78 is 16.2. The topological polar surface area (TPSA) is 86.2 Å². The molecule has 0 aliphatic carbocycles. The summed E-state index contributed by atoms with van der Waals surface area (Å²) in [6, 6.07) is 22.1. The van der Waals surface area contributed by atoms with E-state index in [1.807, 2.05) is 54.6 Å². The van der Waals surface area contributed by atoms with Crippen molar-refractivity contribution in [2.24, 2.45) is 5.10 Å². The van der Waals surface area contributed by atoms with Crippen LogP contribution in [0, 0.1) is 0 Å². The first kappa shape index (κ1) is 26.2. The molecule has 0 atom stereocenters. The van der Waals surface area contributed by atoms with Crippen molar-refractivity contribution in [3.05, 3.63) is 95.6 Å². The van der Waals surface area contributed by atoms with Gasteiger partial charge < -0.3 is 14.2 Å². The molecule has 1 N–H and O–H groups in total. The van der Waals surface area contributed by atoms with Gasteiger partial charge in [0.2, 0.25) is 0 Å². The summed E-state index contributed by atoms with van der Waals surface area (Å²) in [6.45, 7) is 2.01. The molecule has 0 aliphatic rings. The summed E-state index contributed by atoms with van der Waals surface area (Å²) in [7, 11) is 1.48. The third-order valence-corrected chi connectivity index (χ3v) is 5.12. The zero-order chi connectivity index (χ0) is 25.6. The lowest BCUT2D eigenvalue weighted by Crippen LogP contribution is -2.24. The van der Waals surface area contributed by atoms with Crippen LogP contribution in [0.25, 0.3) is 6.08 Å². The van der Waals surface area contributed by atoms with Gasteiger partial charge in [-0.05, 0) is 65.9 Å². The highest BCUT2D eigenvalue weighted by atomic mass is 16.6. The number of carbonyl (C=O) groups excluding carboxylic acids is 2. The Morgan fingerprint density at radius 3 is 2.44 bits per heavy atom. The predicted octanol–water partition coefficient (Wildman–Crippen LogP) is 5.19. The number of rotatable bonds is 12. The monoisotopic (exact) mass is 486 g/mol. The maximum atomic E-state index is 12.2. The Balaban J connectivity index is 1.48. The van der Waals surface area contributed by atoms with Gasteiger partial charge in [-0.15, -0.1) is 0 Å². The summed E-state index contributed by atoms with van der Waals surface area (Å²) in [5.41, 5.74) is 5.21. The predicted molar refractivity (Wildman–Crippen MR) is 140 cm³/mol. The fourth-order valence-corrected chi connectivity index (χ4v) is 3.21. The number of amides is 1. The Morgan fingerprint density at radius 1 is 0.944 bits per heavy atom. The van der Waals surface area contributed by atoms with Crippen molar-refractivity contribution >= 4 is 24.2 Å². The van der Waals surface area contributed by atoms with Crippen molar-refractivity contribution in [1.29, 1.82) is 0 Å². The molecule has 186 valence electrons. The summed E-state index contributed by atoms with van der Waals surface area (Å²) in [5, 5.41) is 3.95. The van der Waals surface area contributed by atoms with Crippen LogP contribution in [0.1, 0.15) is 36.5 Å². The second-order valence-electron chi connectivity index (χ2n) is 7.90. The molecular formula is C29H30N2O5. The first-order valence-electron chi connectivity index (χ1n) is 11.7. The van der Waals surface area contributed by atoms with Gasteiger partial charge in [-0.2, -0.15) is 5.10 Å². The van der Waals surface area contributed by atoms with E-state index in [1.54, 1.807) is 24.3 Å². The first-order valence-corrected chi connectivity index (χ1v) is 11.7. The number of benzene rings is 3. The lowest BCUT2D eigenvalue weighted by molar-refractivity contribution is -0.129. The average molecular weight is 487 g/mol. The molecule has 3 aromatic carbocycles. The molecule has 0 bridgehead atoms. The summed E-state index contributed by atoms with van der Waals surface area (Å²) in [6.07, 6.45) is 7.81. The van der Waals surface area contributed by atoms with Gasteiger partial charge in [0.15, 0.2) is 18.1 Å². The molecule has 0 heterocycles. The molecule has 0 saturated carbocycles. The number of aryl methyl sites for hydroxylation is 1. The Morgan fingerprint density at radius 2 is 1.72 bits per heavy atom. The largest absolute Gasteiger partial charge is 0.493 e. The van der Waals surface area contributed by atoms with E-state index >= 15 is 0 Å². The maximum absolute atomic E-state index is 12.2. The Bertz CT molecular complexity index is 1190. The van der Waals surface area contributed by atoms with Crippen molar-refractivity contribution in [2.75, 3.05) is 13.7 Å². The minimum absolute atomic E-state index is 0.152. The molecule has 0 fully saturated rings. The number of esters is 1. The fraction of sp³-hybridized carbons (Fsp3) is 0.207.